The van der Waals surface area contributed by atoms with Crippen LogP contribution in [0, 0.1) is 0 Å². The number of amides is 1. The van der Waals surface area contributed by atoms with Crippen LogP contribution in [-0.4, -0.2) is 49.4 Å². The first-order valence-electron chi connectivity index (χ1n) is 8.21. The van der Waals surface area contributed by atoms with Gasteiger partial charge in [0.25, 0.3) is 5.91 Å². The summed E-state index contributed by atoms with van der Waals surface area (Å²) in [5.74, 6) is 0.571. The van der Waals surface area contributed by atoms with E-state index in [4.69, 9.17) is 0 Å². The van der Waals surface area contributed by atoms with E-state index < -0.39 is 9.84 Å². The average Bonchev–Trinajstić information content (AvgIpc) is 3.14. The Labute approximate surface area is 138 Å². The molecule has 3 rings (SSSR count). The van der Waals surface area contributed by atoms with Crippen LogP contribution in [0.3, 0.4) is 0 Å². The fourth-order valence-corrected chi connectivity index (χ4v) is 5.46. The zero-order chi connectivity index (χ0) is 16.5. The summed E-state index contributed by atoms with van der Waals surface area (Å²) < 4.78 is 23.2. The third-order valence-electron chi connectivity index (χ3n) is 4.82. The molecule has 0 bridgehead atoms. The molecule has 0 saturated carbocycles. The molecule has 0 spiro atoms. The lowest BCUT2D eigenvalue weighted by molar-refractivity contribution is 0.0793. The monoisotopic (exact) mass is 336 g/mol. The Balaban J connectivity index is 1.58. The Morgan fingerprint density at radius 1 is 1.22 bits per heavy atom. The summed E-state index contributed by atoms with van der Waals surface area (Å²) in [4.78, 5) is 14.2. The highest BCUT2D eigenvalue weighted by Crippen LogP contribution is 2.23. The van der Waals surface area contributed by atoms with E-state index in [1.807, 2.05) is 36.1 Å². The molecule has 6 heteroatoms. The van der Waals surface area contributed by atoms with Gasteiger partial charge in [-0.25, -0.2) is 8.42 Å². The van der Waals surface area contributed by atoms with Crippen molar-refractivity contribution in [3.8, 4) is 0 Å². The molecule has 1 atom stereocenters. The topological polar surface area (TPSA) is 66.5 Å². The van der Waals surface area contributed by atoms with E-state index >= 15 is 0 Å². The van der Waals surface area contributed by atoms with Crippen LogP contribution in [0.15, 0.2) is 24.3 Å². The number of carbonyl (C=O) groups is 1. The van der Waals surface area contributed by atoms with E-state index in [9.17, 15) is 13.2 Å². The van der Waals surface area contributed by atoms with Crippen molar-refractivity contribution in [2.45, 2.75) is 38.3 Å². The van der Waals surface area contributed by atoms with E-state index in [1.165, 1.54) is 0 Å². The highest BCUT2D eigenvalue weighted by Gasteiger charge is 2.37. The van der Waals surface area contributed by atoms with Crippen molar-refractivity contribution in [1.29, 1.82) is 0 Å². The van der Waals surface area contributed by atoms with E-state index in [0.29, 0.717) is 13.0 Å². The van der Waals surface area contributed by atoms with Crippen LogP contribution in [0.4, 0.5) is 0 Å². The maximum absolute atomic E-state index is 12.3. The molecule has 2 fully saturated rings. The molecule has 23 heavy (non-hydrogen) atoms. The molecule has 1 amide bonds. The van der Waals surface area contributed by atoms with E-state index in [2.05, 4.69) is 5.32 Å². The molecule has 2 saturated heterocycles. The number of benzene rings is 1. The van der Waals surface area contributed by atoms with Crippen molar-refractivity contribution in [3.05, 3.63) is 35.4 Å². The molecule has 0 aromatic heterocycles. The molecular weight excluding hydrogens is 312 g/mol. The molecule has 2 aliphatic heterocycles. The lowest BCUT2D eigenvalue weighted by Gasteiger charge is -2.24. The van der Waals surface area contributed by atoms with Gasteiger partial charge in [-0.05, 0) is 43.9 Å². The molecule has 0 aliphatic carbocycles. The summed E-state index contributed by atoms with van der Waals surface area (Å²) >= 11 is 0. The molecule has 2 aliphatic rings. The van der Waals surface area contributed by atoms with Gasteiger partial charge in [0.2, 0.25) is 0 Å². The van der Waals surface area contributed by atoms with Crippen LogP contribution in [0.5, 0.6) is 0 Å². The summed E-state index contributed by atoms with van der Waals surface area (Å²) in [7, 11) is -2.90. The number of likely N-dealkylation sites (tertiary alicyclic amines) is 1. The highest BCUT2D eigenvalue weighted by molar-refractivity contribution is 7.91. The normalized spacial score (nSPS) is 26.6. The number of rotatable bonds is 4. The lowest BCUT2D eigenvalue weighted by Crippen LogP contribution is -2.42. The van der Waals surface area contributed by atoms with Crippen LogP contribution in [0.2, 0.25) is 0 Å². The van der Waals surface area contributed by atoms with Crippen LogP contribution in [0.1, 0.15) is 42.1 Å². The second kappa shape index (κ2) is 6.24. The van der Waals surface area contributed by atoms with Crippen molar-refractivity contribution < 1.29 is 13.2 Å². The number of hydrogen-bond acceptors (Lipinski definition) is 4. The van der Waals surface area contributed by atoms with E-state index in [-0.39, 0.29) is 23.0 Å². The lowest BCUT2D eigenvalue weighted by atomic mass is 10.0. The average molecular weight is 336 g/mol. The zero-order valence-corrected chi connectivity index (χ0v) is 14.4. The fraction of sp³-hybridized carbons (Fsp3) is 0.588. The van der Waals surface area contributed by atoms with Gasteiger partial charge in [0.15, 0.2) is 9.84 Å². The summed E-state index contributed by atoms with van der Waals surface area (Å²) in [6, 6.07) is 7.63. The Bertz CT molecular complexity index is 678. The van der Waals surface area contributed by atoms with E-state index in [0.717, 1.165) is 37.1 Å². The van der Waals surface area contributed by atoms with Crippen LogP contribution in [-0.2, 0) is 16.4 Å². The summed E-state index contributed by atoms with van der Waals surface area (Å²) in [5.41, 5.74) is 1.45. The maximum atomic E-state index is 12.3. The minimum absolute atomic E-state index is 0.107. The third-order valence-corrected chi connectivity index (χ3v) is 6.72. The number of sulfone groups is 1. The van der Waals surface area contributed by atoms with Crippen molar-refractivity contribution in [2.75, 3.05) is 24.6 Å². The largest absolute Gasteiger partial charge is 0.339 e. The summed E-state index contributed by atoms with van der Waals surface area (Å²) in [6.45, 7) is 4.29. The summed E-state index contributed by atoms with van der Waals surface area (Å²) in [5, 5.41) is 3.36. The van der Waals surface area contributed by atoms with Gasteiger partial charge >= 0.3 is 0 Å². The highest BCUT2D eigenvalue weighted by atomic mass is 32.2. The fourth-order valence-electron chi connectivity index (χ4n) is 3.33. The Hall–Kier alpha value is -1.40. The molecule has 1 N–H and O–H groups in total. The molecule has 0 radical (unpaired) electrons. The molecular formula is C17H24N2O3S. The van der Waals surface area contributed by atoms with E-state index in [1.54, 1.807) is 0 Å². The Morgan fingerprint density at radius 2 is 1.87 bits per heavy atom. The SMILES string of the molecule is CC1(NCc2ccc(C(=O)N3CCCC3)cc2)CCS(=O)(=O)C1. The quantitative estimate of drug-likeness (QED) is 0.907. The van der Waals surface area contributed by atoms with Gasteiger partial charge in [-0.15, -0.1) is 0 Å². The van der Waals surface area contributed by atoms with Gasteiger partial charge in [0.1, 0.15) is 0 Å². The number of nitrogens with one attached hydrogen (secondary N) is 1. The van der Waals surface area contributed by atoms with Gasteiger partial charge in [-0.2, -0.15) is 0 Å². The van der Waals surface area contributed by atoms with Crippen LogP contribution in [0.25, 0.3) is 0 Å². The second-order valence-corrected chi connectivity index (χ2v) is 9.14. The standard InChI is InChI=1S/C17H24N2O3S/c1-17(8-11-23(21,22)13-17)18-12-14-4-6-15(7-5-14)16(20)19-9-2-3-10-19/h4-7,18H,2-3,8-13H2,1H3. The molecule has 1 unspecified atom stereocenters. The Kier molecular flexibility index (Phi) is 4.47. The first-order valence-corrected chi connectivity index (χ1v) is 10.0. The van der Waals surface area contributed by atoms with Crippen molar-refractivity contribution >= 4 is 15.7 Å². The minimum Gasteiger partial charge on any atom is -0.339 e. The number of hydrogen-bond donors (Lipinski definition) is 1. The summed E-state index contributed by atoms with van der Waals surface area (Å²) in [6.07, 6.45) is 2.84. The molecule has 1 aromatic carbocycles. The van der Waals surface area contributed by atoms with Crippen LogP contribution < -0.4 is 5.32 Å². The Morgan fingerprint density at radius 3 is 2.43 bits per heavy atom. The predicted octanol–water partition coefficient (Wildman–Crippen LogP) is 1.59. The van der Waals surface area contributed by atoms with Crippen molar-refractivity contribution in [2.24, 2.45) is 0 Å². The predicted molar refractivity (Wildman–Crippen MR) is 90.1 cm³/mol. The van der Waals surface area contributed by atoms with Crippen molar-refractivity contribution in [3.63, 3.8) is 0 Å². The number of nitrogens with zero attached hydrogens (tertiary/aromatic N) is 1. The van der Waals surface area contributed by atoms with Crippen molar-refractivity contribution in [1.82, 2.24) is 10.2 Å². The molecule has 1 aromatic rings. The maximum Gasteiger partial charge on any atom is 0.253 e. The first-order chi connectivity index (χ1) is 10.9. The minimum atomic E-state index is -2.90. The third kappa shape index (κ3) is 3.93. The van der Waals surface area contributed by atoms with Gasteiger partial charge in [0.05, 0.1) is 11.5 Å². The van der Waals surface area contributed by atoms with Gasteiger partial charge in [0, 0.05) is 30.7 Å². The van der Waals surface area contributed by atoms with Crippen LogP contribution >= 0.6 is 0 Å². The molecule has 5 nitrogen and oxygen atoms in total. The first kappa shape index (κ1) is 16.5. The molecule has 2 heterocycles. The zero-order valence-electron chi connectivity index (χ0n) is 13.5. The van der Waals surface area contributed by atoms with Gasteiger partial charge in [-0.1, -0.05) is 12.1 Å². The van der Waals surface area contributed by atoms with Gasteiger partial charge in [-0.3, -0.25) is 4.79 Å². The second-order valence-electron chi connectivity index (χ2n) is 6.95. The molecule has 126 valence electrons. The van der Waals surface area contributed by atoms with Gasteiger partial charge < -0.3 is 10.2 Å². The smallest absolute Gasteiger partial charge is 0.253 e. The number of carbonyl (C=O) groups excluding carboxylic acids is 1.